The zero-order valence-electron chi connectivity index (χ0n) is 29.9. The molecule has 0 bridgehead atoms. The zero-order valence-corrected chi connectivity index (χ0v) is 29.9. The lowest BCUT2D eigenvalue weighted by molar-refractivity contribution is 0.673. The van der Waals surface area contributed by atoms with Crippen molar-refractivity contribution in [2.24, 2.45) is 0 Å². The molecule has 55 heavy (non-hydrogen) atoms. The Morgan fingerprint density at radius 3 is 1.76 bits per heavy atom. The van der Waals surface area contributed by atoms with Gasteiger partial charge in [0.2, 0.25) is 0 Å². The first-order chi connectivity index (χ1) is 27.3. The topological polar surface area (TPSA) is 21.3 Å². The third-order valence-corrected chi connectivity index (χ3v) is 11.0. The fraction of sp³-hybridized carbons (Fsp3) is 0. The van der Waals surface area contributed by atoms with E-state index in [0.717, 1.165) is 61.2 Å². The Labute approximate surface area is 318 Å². The van der Waals surface area contributed by atoms with Gasteiger partial charge in [-0.05, 0) is 76.7 Å². The standard InChI is InChI=1S/C52H34N2O/c1-2-15-35(16-3-1)36-29-32-38(33-30-36)53(48-26-12-13-27-49(48)54-46-24-10-6-19-40(46)41-20-7-11-25-47(41)54)45-23-9-8-21-42(45)43-22-14-28-50-51(43)44-34-31-37-17-4-5-18-39(37)52(44)55-50/h1-34H. The van der Waals surface area contributed by atoms with E-state index in [-0.39, 0.29) is 0 Å². The molecular weight excluding hydrogens is 669 g/mol. The Hall–Kier alpha value is -7.36. The Balaban J connectivity index is 1.19. The highest BCUT2D eigenvalue weighted by atomic mass is 16.3. The van der Waals surface area contributed by atoms with Crippen molar-refractivity contribution < 1.29 is 4.42 Å². The number of hydrogen-bond acceptors (Lipinski definition) is 2. The summed E-state index contributed by atoms with van der Waals surface area (Å²) in [6, 6.07) is 73.9. The van der Waals surface area contributed by atoms with Gasteiger partial charge in [-0.15, -0.1) is 0 Å². The number of benzene rings is 9. The van der Waals surface area contributed by atoms with E-state index in [2.05, 4.69) is 216 Å². The second-order valence-corrected chi connectivity index (χ2v) is 14.1. The number of fused-ring (bicyclic) bond motifs is 8. The lowest BCUT2D eigenvalue weighted by atomic mass is 9.96. The summed E-state index contributed by atoms with van der Waals surface area (Å²) in [4.78, 5) is 2.43. The van der Waals surface area contributed by atoms with Crippen LogP contribution in [-0.4, -0.2) is 4.57 Å². The minimum atomic E-state index is 0.878. The van der Waals surface area contributed by atoms with Crippen LogP contribution in [0.4, 0.5) is 17.1 Å². The maximum Gasteiger partial charge on any atom is 0.143 e. The fourth-order valence-corrected chi connectivity index (χ4v) is 8.54. The van der Waals surface area contributed by atoms with Crippen LogP contribution in [-0.2, 0) is 0 Å². The minimum Gasteiger partial charge on any atom is -0.455 e. The van der Waals surface area contributed by atoms with Crippen LogP contribution in [0, 0.1) is 0 Å². The summed E-state index contributed by atoms with van der Waals surface area (Å²) in [6.07, 6.45) is 0. The van der Waals surface area contributed by atoms with Crippen molar-refractivity contribution in [1.82, 2.24) is 4.57 Å². The second-order valence-electron chi connectivity index (χ2n) is 14.1. The molecule has 0 aliphatic carbocycles. The van der Waals surface area contributed by atoms with E-state index in [0.29, 0.717) is 0 Å². The maximum atomic E-state index is 6.69. The lowest BCUT2D eigenvalue weighted by Crippen LogP contribution is -2.14. The molecule has 0 fully saturated rings. The molecule has 258 valence electrons. The van der Waals surface area contributed by atoms with Gasteiger partial charge in [0.25, 0.3) is 0 Å². The summed E-state index contributed by atoms with van der Waals surface area (Å²) in [7, 11) is 0. The molecule has 0 aliphatic heterocycles. The van der Waals surface area contributed by atoms with Crippen molar-refractivity contribution >= 4 is 71.6 Å². The zero-order chi connectivity index (χ0) is 36.3. The quantitative estimate of drug-likeness (QED) is 0.172. The molecule has 0 amide bonds. The first-order valence-electron chi connectivity index (χ1n) is 18.8. The van der Waals surface area contributed by atoms with E-state index in [1.54, 1.807) is 0 Å². The van der Waals surface area contributed by atoms with Crippen LogP contribution in [0.3, 0.4) is 0 Å². The third-order valence-electron chi connectivity index (χ3n) is 11.0. The van der Waals surface area contributed by atoms with Gasteiger partial charge >= 0.3 is 0 Å². The first kappa shape index (κ1) is 31.2. The van der Waals surface area contributed by atoms with E-state index in [9.17, 15) is 0 Å². The smallest absolute Gasteiger partial charge is 0.143 e. The minimum absolute atomic E-state index is 0.878. The van der Waals surface area contributed by atoms with Gasteiger partial charge in [0.15, 0.2) is 0 Å². The van der Waals surface area contributed by atoms with Crippen LogP contribution < -0.4 is 4.90 Å². The maximum absolute atomic E-state index is 6.69. The Bertz CT molecular complexity index is 3150. The summed E-state index contributed by atoms with van der Waals surface area (Å²) in [5.41, 5.74) is 13.1. The van der Waals surface area contributed by atoms with Crippen LogP contribution in [0.2, 0.25) is 0 Å². The number of aromatic nitrogens is 1. The second kappa shape index (κ2) is 12.6. The average molecular weight is 703 g/mol. The molecule has 2 heterocycles. The molecule has 0 unspecified atom stereocenters. The van der Waals surface area contributed by atoms with E-state index in [4.69, 9.17) is 4.42 Å². The van der Waals surface area contributed by atoms with Crippen LogP contribution in [0.1, 0.15) is 0 Å². The first-order valence-corrected chi connectivity index (χ1v) is 18.8. The number of rotatable bonds is 6. The highest BCUT2D eigenvalue weighted by molar-refractivity contribution is 6.20. The van der Waals surface area contributed by atoms with Crippen LogP contribution in [0.15, 0.2) is 211 Å². The summed E-state index contributed by atoms with van der Waals surface area (Å²) in [5.74, 6) is 0. The summed E-state index contributed by atoms with van der Waals surface area (Å²) < 4.78 is 9.11. The van der Waals surface area contributed by atoms with Crippen molar-refractivity contribution in [1.29, 1.82) is 0 Å². The van der Waals surface area contributed by atoms with Gasteiger partial charge in [0.1, 0.15) is 11.2 Å². The number of furan rings is 1. The van der Waals surface area contributed by atoms with Crippen molar-refractivity contribution in [3.63, 3.8) is 0 Å². The van der Waals surface area contributed by atoms with Crippen LogP contribution in [0.25, 0.3) is 82.5 Å². The molecule has 0 aliphatic rings. The highest BCUT2D eigenvalue weighted by Gasteiger charge is 2.24. The molecule has 0 N–H and O–H groups in total. The van der Waals surface area contributed by atoms with E-state index in [1.807, 2.05) is 0 Å². The van der Waals surface area contributed by atoms with E-state index < -0.39 is 0 Å². The predicted octanol–water partition coefficient (Wildman–Crippen LogP) is 14.6. The lowest BCUT2D eigenvalue weighted by Gasteiger charge is -2.30. The van der Waals surface area contributed by atoms with E-state index >= 15 is 0 Å². The number of anilines is 3. The van der Waals surface area contributed by atoms with E-state index in [1.165, 1.54) is 38.3 Å². The van der Waals surface area contributed by atoms with Gasteiger partial charge in [-0.25, -0.2) is 0 Å². The Morgan fingerprint density at radius 1 is 0.382 bits per heavy atom. The number of para-hydroxylation sites is 5. The molecule has 3 nitrogen and oxygen atoms in total. The molecule has 0 saturated carbocycles. The van der Waals surface area contributed by atoms with Gasteiger partial charge in [0.05, 0.1) is 28.1 Å². The van der Waals surface area contributed by atoms with Gasteiger partial charge < -0.3 is 13.9 Å². The molecule has 0 radical (unpaired) electrons. The summed E-state index contributed by atoms with van der Waals surface area (Å²) in [5, 5.41) is 6.99. The highest BCUT2D eigenvalue weighted by Crippen LogP contribution is 2.47. The van der Waals surface area contributed by atoms with Gasteiger partial charge in [0, 0.05) is 38.2 Å². The summed E-state index contributed by atoms with van der Waals surface area (Å²) in [6.45, 7) is 0. The molecule has 0 saturated heterocycles. The van der Waals surface area contributed by atoms with Crippen LogP contribution in [0.5, 0.6) is 0 Å². The average Bonchev–Trinajstić information content (AvgIpc) is 3.81. The van der Waals surface area contributed by atoms with Gasteiger partial charge in [-0.2, -0.15) is 0 Å². The molecule has 11 aromatic rings. The monoisotopic (exact) mass is 702 g/mol. The molecule has 2 aromatic heterocycles. The normalized spacial score (nSPS) is 11.6. The van der Waals surface area contributed by atoms with Crippen LogP contribution >= 0.6 is 0 Å². The molecular formula is C52H34N2O. The molecule has 0 atom stereocenters. The van der Waals surface area contributed by atoms with Gasteiger partial charge in [-0.3, -0.25) is 0 Å². The predicted molar refractivity (Wildman–Crippen MR) is 231 cm³/mol. The summed E-state index contributed by atoms with van der Waals surface area (Å²) >= 11 is 0. The molecule has 9 aromatic carbocycles. The van der Waals surface area contributed by atoms with Gasteiger partial charge in [-0.1, -0.05) is 152 Å². The van der Waals surface area contributed by atoms with Crippen molar-refractivity contribution in [3.05, 3.63) is 206 Å². The molecule has 11 rings (SSSR count). The van der Waals surface area contributed by atoms with Crippen molar-refractivity contribution in [2.45, 2.75) is 0 Å². The Kier molecular flexibility index (Phi) is 7.17. The Morgan fingerprint density at radius 2 is 0.982 bits per heavy atom. The van der Waals surface area contributed by atoms with Crippen molar-refractivity contribution in [2.75, 3.05) is 4.90 Å². The number of nitrogens with zero attached hydrogens (tertiary/aromatic N) is 2. The van der Waals surface area contributed by atoms with Crippen molar-refractivity contribution in [3.8, 4) is 27.9 Å². The SMILES string of the molecule is c1ccc(-c2ccc(N(c3ccccc3-c3cccc4oc5c6ccccc6ccc5c34)c3ccccc3-n3c4ccccc4c4ccccc43)cc2)cc1. The fourth-order valence-electron chi connectivity index (χ4n) is 8.54. The third kappa shape index (κ3) is 4.98. The largest absolute Gasteiger partial charge is 0.455 e. The molecule has 3 heteroatoms. The number of hydrogen-bond donors (Lipinski definition) is 0. The molecule has 0 spiro atoms.